The molecule has 1 heterocycles. The fourth-order valence-electron chi connectivity index (χ4n) is 4.26. The first-order chi connectivity index (χ1) is 15.0. The minimum absolute atomic E-state index is 0.118. The molecule has 2 aromatic rings. The second-order valence-electron chi connectivity index (χ2n) is 9.99. The van der Waals surface area contributed by atoms with E-state index in [1.54, 1.807) is 32.9 Å². The van der Waals surface area contributed by atoms with Crippen molar-refractivity contribution in [2.24, 2.45) is 5.41 Å². The average molecular weight is 520 g/mol. The van der Waals surface area contributed by atoms with Gasteiger partial charge in [0.1, 0.15) is 0 Å². The van der Waals surface area contributed by atoms with Gasteiger partial charge in [0.2, 0.25) is 10.0 Å². The zero-order valence-corrected chi connectivity index (χ0v) is 21.1. The van der Waals surface area contributed by atoms with Crippen molar-refractivity contribution < 1.29 is 13.2 Å². The summed E-state index contributed by atoms with van der Waals surface area (Å²) < 4.78 is 28.9. The zero-order valence-electron chi connectivity index (χ0n) is 18.7. The van der Waals surface area contributed by atoms with Gasteiger partial charge in [0.05, 0.1) is 16.1 Å². The standard InChI is InChI=1S/C24H30BrN3O3S/c1-23(2,3)27-32(30,31)19-6-4-5-18(16-19)26-22(29)20-8-7-17(25)15-21(20)28-13-11-24(9-10-24)12-14-28/h4-8,15-16,27H,9-14H2,1-3H3,(H,26,29). The average Bonchev–Trinajstić information content (AvgIpc) is 3.45. The highest BCUT2D eigenvalue weighted by molar-refractivity contribution is 9.10. The number of halogens is 1. The molecule has 0 bridgehead atoms. The monoisotopic (exact) mass is 519 g/mol. The minimum atomic E-state index is -3.69. The van der Waals surface area contributed by atoms with Crippen LogP contribution >= 0.6 is 15.9 Å². The molecule has 1 spiro atoms. The molecule has 1 saturated heterocycles. The van der Waals surface area contributed by atoms with Gasteiger partial charge in [0.15, 0.2) is 0 Å². The largest absolute Gasteiger partial charge is 0.371 e. The molecule has 1 aliphatic carbocycles. The van der Waals surface area contributed by atoms with E-state index in [2.05, 4.69) is 30.9 Å². The number of piperidine rings is 1. The minimum Gasteiger partial charge on any atom is -0.371 e. The van der Waals surface area contributed by atoms with E-state index in [0.29, 0.717) is 16.7 Å². The Balaban J connectivity index is 1.55. The lowest BCUT2D eigenvalue weighted by Gasteiger charge is -2.35. The molecule has 2 aromatic carbocycles. The lowest BCUT2D eigenvalue weighted by molar-refractivity contribution is 0.102. The number of nitrogens with zero attached hydrogens (tertiary/aromatic N) is 1. The van der Waals surface area contributed by atoms with E-state index in [1.165, 1.54) is 37.8 Å². The van der Waals surface area contributed by atoms with Crippen LogP contribution in [0.5, 0.6) is 0 Å². The summed E-state index contributed by atoms with van der Waals surface area (Å²) in [4.78, 5) is 15.6. The first-order valence-corrected chi connectivity index (χ1v) is 13.2. The van der Waals surface area contributed by atoms with Gasteiger partial charge in [-0.2, -0.15) is 0 Å². The number of amides is 1. The van der Waals surface area contributed by atoms with Gasteiger partial charge in [0.25, 0.3) is 5.91 Å². The molecule has 0 radical (unpaired) electrons. The van der Waals surface area contributed by atoms with Crippen LogP contribution in [0.2, 0.25) is 0 Å². The number of carbonyl (C=O) groups excluding carboxylic acids is 1. The summed E-state index contributed by atoms with van der Waals surface area (Å²) in [5.41, 5.74) is 1.89. The summed E-state index contributed by atoms with van der Waals surface area (Å²) in [5.74, 6) is -0.252. The molecule has 2 fully saturated rings. The first kappa shape index (κ1) is 23.3. The number of hydrogen-bond donors (Lipinski definition) is 2. The van der Waals surface area contributed by atoms with Gasteiger partial charge in [-0.1, -0.05) is 22.0 Å². The van der Waals surface area contributed by atoms with Crippen molar-refractivity contribution >= 4 is 43.2 Å². The van der Waals surface area contributed by atoms with Crippen molar-refractivity contribution in [3.05, 3.63) is 52.5 Å². The highest BCUT2D eigenvalue weighted by atomic mass is 79.9. The third kappa shape index (κ3) is 5.35. The second kappa shape index (κ2) is 8.47. The molecule has 1 amide bonds. The normalized spacial score (nSPS) is 17.9. The third-order valence-electron chi connectivity index (χ3n) is 6.17. The summed E-state index contributed by atoms with van der Waals surface area (Å²) in [6.07, 6.45) is 4.99. The molecule has 0 unspecified atom stereocenters. The number of anilines is 2. The lowest BCUT2D eigenvalue weighted by atomic mass is 9.93. The van der Waals surface area contributed by atoms with Gasteiger partial charge in [-0.15, -0.1) is 0 Å². The Kier molecular flexibility index (Phi) is 6.15. The van der Waals surface area contributed by atoms with Gasteiger partial charge in [-0.3, -0.25) is 4.79 Å². The van der Waals surface area contributed by atoms with Crippen molar-refractivity contribution in [3.63, 3.8) is 0 Å². The molecule has 172 valence electrons. The molecule has 0 aromatic heterocycles. The predicted octanol–water partition coefficient (Wildman–Crippen LogP) is 5.16. The van der Waals surface area contributed by atoms with E-state index in [1.807, 2.05) is 18.2 Å². The molecular weight excluding hydrogens is 490 g/mol. The van der Waals surface area contributed by atoms with Crippen LogP contribution in [0.15, 0.2) is 51.8 Å². The molecule has 6 nitrogen and oxygen atoms in total. The Morgan fingerprint density at radius 2 is 1.72 bits per heavy atom. The van der Waals surface area contributed by atoms with Crippen molar-refractivity contribution in [1.29, 1.82) is 0 Å². The Morgan fingerprint density at radius 3 is 2.34 bits per heavy atom. The maximum Gasteiger partial charge on any atom is 0.257 e. The molecule has 0 atom stereocenters. The Hall–Kier alpha value is -1.90. The summed E-state index contributed by atoms with van der Waals surface area (Å²) in [6.45, 7) is 7.26. The van der Waals surface area contributed by atoms with Crippen molar-refractivity contribution in [1.82, 2.24) is 4.72 Å². The van der Waals surface area contributed by atoms with Gasteiger partial charge >= 0.3 is 0 Å². The van der Waals surface area contributed by atoms with Crippen LogP contribution in [0.25, 0.3) is 0 Å². The summed E-state index contributed by atoms with van der Waals surface area (Å²) in [5, 5.41) is 2.89. The summed E-state index contributed by atoms with van der Waals surface area (Å²) in [7, 11) is -3.69. The third-order valence-corrected chi connectivity index (χ3v) is 8.42. The maximum atomic E-state index is 13.2. The number of carbonyl (C=O) groups is 1. The zero-order chi connectivity index (χ0) is 23.1. The number of hydrogen-bond acceptors (Lipinski definition) is 4. The van der Waals surface area contributed by atoms with Crippen LogP contribution in [0.3, 0.4) is 0 Å². The molecule has 8 heteroatoms. The molecular formula is C24H30BrN3O3S. The van der Waals surface area contributed by atoms with Gasteiger partial charge in [0, 0.05) is 28.8 Å². The number of benzene rings is 2. The molecule has 4 rings (SSSR count). The molecule has 2 N–H and O–H groups in total. The first-order valence-electron chi connectivity index (χ1n) is 11.0. The van der Waals surface area contributed by atoms with Crippen LogP contribution in [0, 0.1) is 5.41 Å². The van der Waals surface area contributed by atoms with Crippen LogP contribution in [-0.2, 0) is 10.0 Å². The molecule has 2 aliphatic rings. The number of rotatable bonds is 5. The Morgan fingerprint density at radius 1 is 1.03 bits per heavy atom. The van der Waals surface area contributed by atoms with Gasteiger partial charge in [-0.05, 0) is 88.3 Å². The quantitative estimate of drug-likeness (QED) is 0.571. The highest BCUT2D eigenvalue weighted by Crippen LogP contribution is 2.54. The maximum absolute atomic E-state index is 13.2. The van der Waals surface area contributed by atoms with Crippen LogP contribution in [0.1, 0.15) is 56.8 Å². The van der Waals surface area contributed by atoms with Crippen LogP contribution < -0.4 is 14.9 Å². The van der Waals surface area contributed by atoms with Crippen molar-refractivity contribution in [3.8, 4) is 0 Å². The van der Waals surface area contributed by atoms with E-state index in [-0.39, 0.29) is 10.8 Å². The topological polar surface area (TPSA) is 78.5 Å². The molecule has 32 heavy (non-hydrogen) atoms. The smallest absolute Gasteiger partial charge is 0.257 e. The SMILES string of the molecule is CC(C)(C)NS(=O)(=O)c1cccc(NC(=O)c2ccc(Br)cc2N2CCC3(CC2)CC3)c1. The fourth-order valence-corrected chi connectivity index (χ4v) is 6.07. The summed E-state index contributed by atoms with van der Waals surface area (Å²) in [6, 6.07) is 12.0. The fraction of sp³-hybridized carbons (Fsp3) is 0.458. The van der Waals surface area contributed by atoms with Crippen molar-refractivity contribution in [2.75, 3.05) is 23.3 Å². The van der Waals surface area contributed by atoms with Crippen LogP contribution in [-0.4, -0.2) is 33.0 Å². The van der Waals surface area contributed by atoms with Gasteiger partial charge < -0.3 is 10.2 Å². The van der Waals surface area contributed by atoms with E-state index < -0.39 is 15.6 Å². The number of sulfonamides is 1. The van der Waals surface area contributed by atoms with E-state index >= 15 is 0 Å². The molecule has 1 aliphatic heterocycles. The second-order valence-corrected chi connectivity index (χ2v) is 12.6. The Labute approximate surface area is 199 Å². The highest BCUT2D eigenvalue weighted by Gasteiger charge is 2.44. The van der Waals surface area contributed by atoms with E-state index in [4.69, 9.17) is 0 Å². The summed E-state index contributed by atoms with van der Waals surface area (Å²) >= 11 is 3.54. The van der Waals surface area contributed by atoms with Gasteiger partial charge in [-0.25, -0.2) is 13.1 Å². The number of nitrogens with one attached hydrogen (secondary N) is 2. The predicted molar refractivity (Wildman–Crippen MR) is 132 cm³/mol. The lowest BCUT2D eigenvalue weighted by Crippen LogP contribution is -2.40. The van der Waals surface area contributed by atoms with E-state index in [0.717, 1.165) is 23.2 Å². The van der Waals surface area contributed by atoms with E-state index in [9.17, 15) is 13.2 Å². The Bertz CT molecular complexity index is 1130. The van der Waals surface area contributed by atoms with Crippen LogP contribution in [0.4, 0.5) is 11.4 Å². The van der Waals surface area contributed by atoms with Crippen molar-refractivity contribution in [2.45, 2.75) is 56.9 Å². The molecule has 1 saturated carbocycles.